The fourth-order valence-electron chi connectivity index (χ4n) is 6.38. The van der Waals surface area contributed by atoms with Crippen LogP contribution in [0.5, 0.6) is 0 Å². The van der Waals surface area contributed by atoms with Crippen molar-refractivity contribution in [2.24, 2.45) is 17.8 Å². The van der Waals surface area contributed by atoms with E-state index in [0.717, 1.165) is 61.1 Å². The van der Waals surface area contributed by atoms with E-state index in [0.29, 0.717) is 6.08 Å². The van der Waals surface area contributed by atoms with Crippen molar-refractivity contribution in [1.29, 1.82) is 0 Å². The largest absolute Gasteiger partial charge is 0.409 e. The van der Waals surface area contributed by atoms with Gasteiger partial charge in [-0.3, -0.25) is 0 Å². The normalized spacial score (nSPS) is 25.4. The van der Waals surface area contributed by atoms with E-state index in [1.54, 1.807) is 0 Å². The van der Waals surface area contributed by atoms with E-state index in [-0.39, 0.29) is 23.1 Å². The van der Waals surface area contributed by atoms with Gasteiger partial charge in [-0.25, -0.2) is 13.2 Å². The maximum atomic E-state index is 15.0. The van der Waals surface area contributed by atoms with Crippen molar-refractivity contribution in [3.8, 4) is 11.1 Å². The lowest BCUT2D eigenvalue weighted by molar-refractivity contribution is -0.0790. The molecule has 2 aliphatic carbocycles. The molecule has 2 aromatic carbocycles. The third kappa shape index (κ3) is 6.54. The molecule has 0 nitrogen and oxygen atoms in total. The van der Waals surface area contributed by atoms with Crippen molar-refractivity contribution in [3.05, 3.63) is 65.0 Å². The molecule has 0 aliphatic heterocycles. The van der Waals surface area contributed by atoms with Crippen LogP contribution in [0.4, 0.5) is 26.3 Å². The Hall–Kier alpha value is -2.24. The molecule has 0 unspecified atom stereocenters. The summed E-state index contributed by atoms with van der Waals surface area (Å²) in [5, 5.41) is 0. The van der Waals surface area contributed by atoms with Crippen LogP contribution in [0.3, 0.4) is 0 Å². The lowest BCUT2D eigenvalue weighted by atomic mass is 9.68. The first-order chi connectivity index (χ1) is 17.1. The van der Waals surface area contributed by atoms with Gasteiger partial charge in [-0.1, -0.05) is 44.7 Å². The number of halogens is 6. The monoisotopic (exact) mass is 508 g/mol. The predicted molar refractivity (Wildman–Crippen MR) is 132 cm³/mol. The minimum atomic E-state index is -4.69. The average Bonchev–Trinajstić information content (AvgIpc) is 2.83. The standard InChI is InChI=1S/C30H34F6/c1-2-3-19-4-6-20(7-5-19)21-8-10-22(11-9-21)23-12-13-25(27(31)16-23)24-17-28(32)26(29(33)18-24)14-15-30(34,35)36/h12-22H,2-11H2,1H3/b15-14+. The zero-order chi connectivity index (χ0) is 25.9. The van der Waals surface area contributed by atoms with Crippen LogP contribution >= 0.6 is 0 Å². The predicted octanol–water partition coefficient (Wildman–Crippen LogP) is 10.2. The Labute approximate surface area is 209 Å². The summed E-state index contributed by atoms with van der Waals surface area (Å²) in [7, 11) is 0. The van der Waals surface area contributed by atoms with E-state index in [1.807, 2.05) is 6.07 Å². The molecule has 2 fully saturated rings. The van der Waals surface area contributed by atoms with Crippen LogP contribution in [-0.2, 0) is 0 Å². The lowest BCUT2D eigenvalue weighted by Gasteiger charge is -2.38. The van der Waals surface area contributed by atoms with E-state index in [2.05, 4.69) is 6.92 Å². The minimum absolute atomic E-state index is 0.0282. The number of benzene rings is 2. The topological polar surface area (TPSA) is 0 Å². The molecule has 2 saturated carbocycles. The highest BCUT2D eigenvalue weighted by Crippen LogP contribution is 2.45. The smallest absolute Gasteiger partial charge is 0.206 e. The molecule has 196 valence electrons. The van der Waals surface area contributed by atoms with E-state index in [1.165, 1.54) is 50.7 Å². The molecule has 2 aromatic rings. The maximum Gasteiger partial charge on any atom is 0.409 e. The molecule has 2 aliphatic rings. The van der Waals surface area contributed by atoms with Gasteiger partial charge >= 0.3 is 6.18 Å². The first-order valence-corrected chi connectivity index (χ1v) is 13.2. The highest BCUT2D eigenvalue weighted by Gasteiger charge is 2.31. The molecule has 0 radical (unpaired) electrons. The molecule has 0 aromatic heterocycles. The van der Waals surface area contributed by atoms with Gasteiger partial charge in [0.15, 0.2) is 0 Å². The third-order valence-electron chi connectivity index (χ3n) is 8.32. The molecule has 6 heteroatoms. The van der Waals surface area contributed by atoms with Crippen molar-refractivity contribution in [2.45, 2.75) is 83.2 Å². The summed E-state index contributed by atoms with van der Waals surface area (Å²) in [4.78, 5) is 0. The molecule has 0 bridgehead atoms. The number of hydrogen-bond donors (Lipinski definition) is 0. The van der Waals surface area contributed by atoms with E-state index >= 15 is 4.39 Å². The second-order valence-corrected chi connectivity index (χ2v) is 10.6. The Kier molecular flexibility index (Phi) is 8.52. The second-order valence-electron chi connectivity index (χ2n) is 10.6. The van der Waals surface area contributed by atoms with Crippen molar-refractivity contribution >= 4 is 6.08 Å². The fraction of sp³-hybridized carbons (Fsp3) is 0.533. The average molecular weight is 509 g/mol. The van der Waals surface area contributed by atoms with Crippen LogP contribution in [0.25, 0.3) is 17.2 Å². The van der Waals surface area contributed by atoms with Crippen LogP contribution < -0.4 is 0 Å². The summed E-state index contributed by atoms with van der Waals surface area (Å²) in [6, 6.07) is 6.52. The number of hydrogen-bond acceptors (Lipinski definition) is 0. The van der Waals surface area contributed by atoms with Gasteiger partial charge in [0.1, 0.15) is 17.5 Å². The van der Waals surface area contributed by atoms with E-state index in [9.17, 15) is 22.0 Å². The molecule has 0 heterocycles. The Morgan fingerprint density at radius 1 is 0.778 bits per heavy atom. The number of rotatable bonds is 6. The number of alkyl halides is 3. The Balaban J connectivity index is 1.40. The molecular formula is C30H34F6. The molecular weight excluding hydrogens is 474 g/mol. The third-order valence-corrected chi connectivity index (χ3v) is 8.32. The van der Waals surface area contributed by atoms with Crippen molar-refractivity contribution < 1.29 is 26.3 Å². The summed E-state index contributed by atoms with van der Waals surface area (Å²) in [5.41, 5.74) is 0.0803. The van der Waals surface area contributed by atoms with Gasteiger partial charge in [0.2, 0.25) is 0 Å². The van der Waals surface area contributed by atoms with Gasteiger partial charge in [0.05, 0.1) is 0 Å². The molecule has 0 atom stereocenters. The fourth-order valence-corrected chi connectivity index (χ4v) is 6.38. The first-order valence-electron chi connectivity index (χ1n) is 13.2. The van der Waals surface area contributed by atoms with Crippen molar-refractivity contribution in [1.82, 2.24) is 0 Å². The highest BCUT2D eigenvalue weighted by molar-refractivity contribution is 5.67. The van der Waals surface area contributed by atoms with Gasteiger partial charge in [0.25, 0.3) is 0 Å². The van der Waals surface area contributed by atoms with Crippen LogP contribution in [0.1, 0.15) is 88.2 Å². The Morgan fingerprint density at radius 3 is 1.89 bits per heavy atom. The van der Waals surface area contributed by atoms with Crippen molar-refractivity contribution in [3.63, 3.8) is 0 Å². The van der Waals surface area contributed by atoms with E-state index in [4.69, 9.17) is 0 Å². The SMILES string of the molecule is CCCC1CCC(C2CCC(c3ccc(-c4cc(F)c(/C=C/C(F)(F)F)c(F)c4)c(F)c3)CC2)CC1. The van der Waals surface area contributed by atoms with Gasteiger partial charge < -0.3 is 0 Å². The second kappa shape index (κ2) is 11.4. The highest BCUT2D eigenvalue weighted by atomic mass is 19.4. The Morgan fingerprint density at radius 2 is 1.36 bits per heavy atom. The summed E-state index contributed by atoms with van der Waals surface area (Å²) < 4.78 is 80.8. The quantitative estimate of drug-likeness (QED) is 0.341. The van der Waals surface area contributed by atoms with Gasteiger partial charge in [-0.15, -0.1) is 0 Å². The summed E-state index contributed by atoms with van der Waals surface area (Å²) in [6.07, 6.45) is 7.76. The molecule has 0 saturated heterocycles. The summed E-state index contributed by atoms with van der Waals surface area (Å²) in [5.74, 6) is -0.183. The maximum absolute atomic E-state index is 15.0. The van der Waals surface area contributed by atoms with Crippen LogP contribution in [-0.4, -0.2) is 6.18 Å². The zero-order valence-electron chi connectivity index (χ0n) is 20.7. The lowest BCUT2D eigenvalue weighted by Crippen LogP contribution is -2.25. The summed E-state index contributed by atoms with van der Waals surface area (Å²) >= 11 is 0. The summed E-state index contributed by atoms with van der Waals surface area (Å²) in [6.45, 7) is 2.26. The van der Waals surface area contributed by atoms with Crippen LogP contribution in [0, 0.1) is 35.2 Å². The van der Waals surface area contributed by atoms with E-state index < -0.39 is 29.2 Å². The van der Waals surface area contributed by atoms with Gasteiger partial charge in [-0.05, 0) is 97.6 Å². The number of allylic oxidation sites excluding steroid dienone is 1. The molecule has 0 spiro atoms. The minimum Gasteiger partial charge on any atom is -0.206 e. The van der Waals surface area contributed by atoms with Crippen LogP contribution in [0.15, 0.2) is 36.4 Å². The van der Waals surface area contributed by atoms with Gasteiger partial charge in [-0.2, -0.15) is 13.2 Å². The molecule has 0 N–H and O–H groups in total. The Bertz CT molecular complexity index is 1030. The van der Waals surface area contributed by atoms with Crippen LogP contribution in [0.2, 0.25) is 0 Å². The van der Waals surface area contributed by atoms with Crippen molar-refractivity contribution in [2.75, 3.05) is 0 Å². The van der Waals surface area contributed by atoms with Gasteiger partial charge in [0, 0.05) is 17.2 Å². The molecule has 0 amide bonds. The zero-order valence-corrected chi connectivity index (χ0v) is 20.7. The first kappa shape index (κ1) is 26.8. The molecule has 36 heavy (non-hydrogen) atoms. The molecule has 4 rings (SSSR count).